The van der Waals surface area contributed by atoms with Crippen LogP contribution in [-0.4, -0.2) is 23.3 Å². The molecule has 0 aliphatic carbocycles. The predicted octanol–water partition coefficient (Wildman–Crippen LogP) is 2.46. The van der Waals surface area contributed by atoms with E-state index in [-0.39, 0.29) is 12.0 Å². The fourth-order valence-corrected chi connectivity index (χ4v) is 2.47. The fourth-order valence-electron chi connectivity index (χ4n) is 2.47. The molecular formula is C15H19N3O2. The van der Waals surface area contributed by atoms with Crippen molar-refractivity contribution in [1.29, 1.82) is 0 Å². The highest BCUT2D eigenvalue weighted by atomic mass is 16.5. The lowest BCUT2D eigenvalue weighted by atomic mass is 9.97. The topological polar surface area (TPSA) is 60.2 Å². The SMILES string of the molecule is CCNC(C)c1nnc(C2COc3ccccc3C2)o1. The normalized spacial score (nSPS) is 19.2. The van der Waals surface area contributed by atoms with Crippen molar-refractivity contribution in [2.75, 3.05) is 13.2 Å². The molecule has 0 fully saturated rings. The van der Waals surface area contributed by atoms with Crippen molar-refractivity contribution in [2.24, 2.45) is 0 Å². The van der Waals surface area contributed by atoms with E-state index < -0.39 is 0 Å². The van der Waals surface area contributed by atoms with Gasteiger partial charge in [0.1, 0.15) is 12.4 Å². The van der Waals surface area contributed by atoms with Crippen molar-refractivity contribution >= 4 is 0 Å². The fraction of sp³-hybridized carbons (Fsp3) is 0.467. The van der Waals surface area contributed by atoms with Crippen LogP contribution in [0.4, 0.5) is 0 Å². The van der Waals surface area contributed by atoms with Crippen LogP contribution >= 0.6 is 0 Å². The maximum Gasteiger partial charge on any atom is 0.233 e. The highest BCUT2D eigenvalue weighted by Crippen LogP contribution is 2.31. The molecule has 1 aliphatic heterocycles. The highest BCUT2D eigenvalue weighted by molar-refractivity contribution is 5.36. The largest absolute Gasteiger partial charge is 0.492 e. The second-order valence-electron chi connectivity index (χ2n) is 5.08. The summed E-state index contributed by atoms with van der Waals surface area (Å²) < 4.78 is 11.6. The van der Waals surface area contributed by atoms with Gasteiger partial charge in [0.2, 0.25) is 11.8 Å². The molecular weight excluding hydrogens is 254 g/mol. The molecule has 5 nitrogen and oxygen atoms in total. The monoisotopic (exact) mass is 273 g/mol. The summed E-state index contributed by atoms with van der Waals surface area (Å²) in [7, 11) is 0. The first kappa shape index (κ1) is 13.1. The van der Waals surface area contributed by atoms with Gasteiger partial charge in [-0.05, 0) is 31.5 Å². The number of ether oxygens (including phenoxy) is 1. The number of nitrogens with one attached hydrogen (secondary N) is 1. The molecule has 0 saturated heterocycles. The molecule has 2 unspecified atom stereocenters. The predicted molar refractivity (Wildman–Crippen MR) is 74.8 cm³/mol. The molecule has 2 heterocycles. The van der Waals surface area contributed by atoms with Crippen LogP contribution in [0.15, 0.2) is 28.7 Å². The quantitative estimate of drug-likeness (QED) is 0.927. The van der Waals surface area contributed by atoms with Crippen molar-refractivity contribution in [2.45, 2.75) is 32.2 Å². The van der Waals surface area contributed by atoms with Crippen molar-refractivity contribution in [3.63, 3.8) is 0 Å². The van der Waals surface area contributed by atoms with Crippen LogP contribution < -0.4 is 10.1 Å². The van der Waals surface area contributed by atoms with Gasteiger partial charge in [0.25, 0.3) is 0 Å². The van der Waals surface area contributed by atoms with E-state index in [4.69, 9.17) is 9.15 Å². The molecule has 3 rings (SSSR count). The standard InChI is InChI=1S/C15H19N3O2/c1-3-16-10(2)14-17-18-15(20-14)12-8-11-6-4-5-7-13(11)19-9-12/h4-7,10,12,16H,3,8-9H2,1-2H3. The van der Waals surface area contributed by atoms with Crippen LogP contribution in [0.5, 0.6) is 5.75 Å². The number of rotatable bonds is 4. The second kappa shape index (κ2) is 5.63. The van der Waals surface area contributed by atoms with Crippen LogP contribution in [0.1, 0.15) is 43.2 Å². The summed E-state index contributed by atoms with van der Waals surface area (Å²) in [5.74, 6) is 2.41. The molecule has 1 aromatic carbocycles. The lowest BCUT2D eigenvalue weighted by Gasteiger charge is -2.22. The van der Waals surface area contributed by atoms with E-state index in [1.165, 1.54) is 5.56 Å². The van der Waals surface area contributed by atoms with E-state index in [9.17, 15) is 0 Å². The maximum atomic E-state index is 5.79. The van der Waals surface area contributed by atoms with E-state index in [2.05, 4.69) is 28.5 Å². The third-order valence-corrected chi connectivity index (χ3v) is 3.57. The van der Waals surface area contributed by atoms with Gasteiger partial charge in [-0.25, -0.2) is 0 Å². The van der Waals surface area contributed by atoms with Gasteiger partial charge in [0.15, 0.2) is 0 Å². The Morgan fingerprint density at radius 2 is 2.20 bits per heavy atom. The third kappa shape index (κ3) is 2.54. The lowest BCUT2D eigenvalue weighted by molar-refractivity contribution is 0.237. The van der Waals surface area contributed by atoms with Crippen molar-refractivity contribution < 1.29 is 9.15 Å². The highest BCUT2D eigenvalue weighted by Gasteiger charge is 2.26. The number of hydrogen-bond acceptors (Lipinski definition) is 5. The van der Waals surface area contributed by atoms with Crippen LogP contribution in [-0.2, 0) is 6.42 Å². The molecule has 106 valence electrons. The molecule has 20 heavy (non-hydrogen) atoms. The summed E-state index contributed by atoms with van der Waals surface area (Å²) in [6.45, 7) is 5.54. The molecule has 2 aromatic rings. The minimum absolute atomic E-state index is 0.0815. The van der Waals surface area contributed by atoms with E-state index in [1.807, 2.05) is 25.1 Å². The van der Waals surface area contributed by atoms with Gasteiger partial charge in [-0.3, -0.25) is 0 Å². The smallest absolute Gasteiger partial charge is 0.233 e. The van der Waals surface area contributed by atoms with Crippen LogP contribution in [0.2, 0.25) is 0 Å². The van der Waals surface area contributed by atoms with Crippen LogP contribution in [0.25, 0.3) is 0 Å². The summed E-state index contributed by atoms with van der Waals surface area (Å²) in [4.78, 5) is 0. The van der Waals surface area contributed by atoms with Crippen molar-refractivity contribution in [3.05, 3.63) is 41.6 Å². The van der Waals surface area contributed by atoms with Gasteiger partial charge in [-0.15, -0.1) is 10.2 Å². The average molecular weight is 273 g/mol. The lowest BCUT2D eigenvalue weighted by Crippen LogP contribution is -2.19. The number of para-hydroxylation sites is 1. The summed E-state index contributed by atoms with van der Waals surface area (Å²) >= 11 is 0. The van der Waals surface area contributed by atoms with Crippen LogP contribution in [0.3, 0.4) is 0 Å². The van der Waals surface area contributed by atoms with E-state index in [0.717, 1.165) is 18.7 Å². The number of benzene rings is 1. The zero-order chi connectivity index (χ0) is 13.9. The van der Waals surface area contributed by atoms with Crippen molar-refractivity contribution in [3.8, 4) is 5.75 Å². The van der Waals surface area contributed by atoms with Gasteiger partial charge < -0.3 is 14.5 Å². The Bertz CT molecular complexity index is 582. The summed E-state index contributed by atoms with van der Waals surface area (Å²) in [6.07, 6.45) is 0.882. The molecule has 0 spiro atoms. The Kier molecular flexibility index (Phi) is 3.69. The van der Waals surface area contributed by atoms with Crippen LogP contribution in [0, 0.1) is 0 Å². The maximum absolute atomic E-state index is 5.79. The molecule has 1 aliphatic rings. The summed E-state index contributed by atoms with van der Waals surface area (Å²) in [6, 6.07) is 8.18. The Labute approximate surface area is 118 Å². The summed E-state index contributed by atoms with van der Waals surface area (Å²) in [5, 5.41) is 11.6. The molecule has 0 bridgehead atoms. The van der Waals surface area contributed by atoms with Gasteiger partial charge in [-0.1, -0.05) is 25.1 Å². The summed E-state index contributed by atoms with van der Waals surface area (Å²) in [5.41, 5.74) is 1.20. The zero-order valence-electron chi connectivity index (χ0n) is 11.8. The Balaban J connectivity index is 1.75. The molecule has 0 saturated carbocycles. The van der Waals surface area contributed by atoms with Crippen molar-refractivity contribution in [1.82, 2.24) is 15.5 Å². The Hall–Kier alpha value is -1.88. The minimum Gasteiger partial charge on any atom is -0.492 e. The molecule has 0 radical (unpaired) electrons. The third-order valence-electron chi connectivity index (χ3n) is 3.57. The average Bonchev–Trinajstić information content (AvgIpc) is 2.97. The van der Waals surface area contributed by atoms with Gasteiger partial charge in [-0.2, -0.15) is 0 Å². The Morgan fingerprint density at radius 1 is 1.35 bits per heavy atom. The first-order valence-corrected chi connectivity index (χ1v) is 7.05. The van der Waals surface area contributed by atoms with Gasteiger partial charge in [0, 0.05) is 0 Å². The van der Waals surface area contributed by atoms with E-state index in [0.29, 0.717) is 18.4 Å². The number of aromatic nitrogens is 2. The molecule has 0 amide bonds. The first-order valence-electron chi connectivity index (χ1n) is 7.05. The minimum atomic E-state index is 0.0815. The van der Waals surface area contributed by atoms with Gasteiger partial charge in [0.05, 0.1) is 12.0 Å². The molecule has 2 atom stereocenters. The molecule has 1 N–H and O–H groups in total. The first-order chi connectivity index (χ1) is 9.78. The van der Waals surface area contributed by atoms with Gasteiger partial charge >= 0.3 is 0 Å². The van der Waals surface area contributed by atoms with E-state index in [1.54, 1.807) is 0 Å². The van der Waals surface area contributed by atoms with E-state index >= 15 is 0 Å². The Morgan fingerprint density at radius 3 is 3.05 bits per heavy atom. The second-order valence-corrected chi connectivity index (χ2v) is 5.08. The molecule has 1 aromatic heterocycles. The molecule has 5 heteroatoms. The number of fused-ring (bicyclic) bond motifs is 1. The zero-order valence-corrected chi connectivity index (χ0v) is 11.8. The number of hydrogen-bond donors (Lipinski definition) is 1. The number of nitrogens with zero attached hydrogens (tertiary/aromatic N) is 2.